The average Bonchev–Trinajstić information content (AvgIpc) is 3.14. The number of aryl methyl sites for hydroxylation is 1. The molecular formula is C17H18N4OS. The summed E-state index contributed by atoms with van der Waals surface area (Å²) in [5.74, 6) is 2.57. The fraction of sp³-hybridized carbons (Fsp3) is 0.294. The van der Waals surface area contributed by atoms with Crippen LogP contribution in [-0.2, 0) is 6.54 Å². The Balaban J connectivity index is 1.67. The molecule has 0 radical (unpaired) electrons. The number of fused-ring (bicyclic) bond motifs is 1. The minimum Gasteiger partial charge on any atom is -0.458 e. The first-order valence-corrected chi connectivity index (χ1v) is 8.51. The van der Waals surface area contributed by atoms with Gasteiger partial charge in [0.25, 0.3) is 0 Å². The number of hydrogen-bond donors (Lipinski definition) is 1. The van der Waals surface area contributed by atoms with Gasteiger partial charge in [-0.25, -0.2) is 9.97 Å². The highest BCUT2D eigenvalue weighted by atomic mass is 32.1. The third kappa shape index (κ3) is 2.87. The lowest BCUT2D eigenvalue weighted by Gasteiger charge is -2.21. The van der Waals surface area contributed by atoms with E-state index in [0.717, 1.165) is 42.0 Å². The first-order valence-electron chi connectivity index (χ1n) is 7.69. The van der Waals surface area contributed by atoms with Crippen molar-refractivity contribution in [2.75, 3.05) is 18.8 Å². The molecule has 4 heterocycles. The van der Waals surface area contributed by atoms with E-state index in [1.807, 2.05) is 19.1 Å². The Bertz CT molecular complexity index is 880. The highest BCUT2D eigenvalue weighted by molar-refractivity contribution is 7.18. The molecule has 5 nitrogen and oxygen atoms in total. The number of aromatic nitrogens is 2. The fourth-order valence-corrected chi connectivity index (χ4v) is 3.87. The van der Waals surface area contributed by atoms with Gasteiger partial charge in [-0.3, -0.25) is 4.90 Å². The molecule has 23 heavy (non-hydrogen) atoms. The Morgan fingerprint density at radius 3 is 2.96 bits per heavy atom. The summed E-state index contributed by atoms with van der Waals surface area (Å²) in [6.45, 7) is 4.94. The van der Waals surface area contributed by atoms with Crippen LogP contribution in [0.25, 0.3) is 21.8 Å². The minimum atomic E-state index is 0.514. The molecule has 0 aromatic carbocycles. The van der Waals surface area contributed by atoms with Gasteiger partial charge in [0.1, 0.15) is 16.4 Å². The maximum absolute atomic E-state index is 6.14. The van der Waals surface area contributed by atoms with E-state index in [4.69, 9.17) is 10.2 Å². The van der Waals surface area contributed by atoms with E-state index >= 15 is 0 Å². The maximum atomic E-state index is 6.14. The molecule has 3 aromatic heterocycles. The Hall–Kier alpha value is -2.18. The van der Waals surface area contributed by atoms with Gasteiger partial charge >= 0.3 is 0 Å². The lowest BCUT2D eigenvalue weighted by molar-refractivity contribution is 0.293. The first-order chi connectivity index (χ1) is 11.2. The Kier molecular flexibility index (Phi) is 3.63. The second kappa shape index (κ2) is 5.79. The van der Waals surface area contributed by atoms with Crippen molar-refractivity contribution in [3.63, 3.8) is 0 Å². The van der Waals surface area contributed by atoms with E-state index in [0.29, 0.717) is 17.4 Å². The highest BCUT2D eigenvalue weighted by Gasteiger charge is 2.15. The van der Waals surface area contributed by atoms with E-state index in [2.05, 4.69) is 33.1 Å². The van der Waals surface area contributed by atoms with Crippen LogP contribution in [0.1, 0.15) is 17.1 Å². The summed E-state index contributed by atoms with van der Waals surface area (Å²) in [4.78, 5) is 13.6. The number of nitrogens with zero attached hydrogens (tertiary/aromatic N) is 3. The van der Waals surface area contributed by atoms with Crippen LogP contribution in [0.2, 0.25) is 0 Å². The number of thiophene rings is 1. The van der Waals surface area contributed by atoms with Crippen molar-refractivity contribution in [3.8, 4) is 11.6 Å². The molecule has 0 spiro atoms. The minimum absolute atomic E-state index is 0.514. The fourth-order valence-electron chi connectivity index (χ4n) is 2.79. The number of furan rings is 1. The number of hydrogen-bond acceptors (Lipinski definition) is 6. The van der Waals surface area contributed by atoms with Crippen molar-refractivity contribution in [3.05, 3.63) is 41.0 Å². The molecule has 4 rings (SSSR count). The Morgan fingerprint density at radius 2 is 2.22 bits per heavy atom. The molecule has 0 bridgehead atoms. The molecule has 2 N–H and O–H groups in total. The average molecular weight is 326 g/mol. The van der Waals surface area contributed by atoms with Crippen LogP contribution in [0.3, 0.4) is 0 Å². The van der Waals surface area contributed by atoms with Gasteiger partial charge in [0.15, 0.2) is 11.6 Å². The maximum Gasteiger partial charge on any atom is 0.199 e. The van der Waals surface area contributed by atoms with Crippen LogP contribution in [0.15, 0.2) is 34.8 Å². The molecule has 0 atom stereocenters. The smallest absolute Gasteiger partial charge is 0.199 e. The molecule has 0 fully saturated rings. The Morgan fingerprint density at radius 1 is 1.30 bits per heavy atom. The summed E-state index contributed by atoms with van der Waals surface area (Å²) in [6, 6.07) is 5.90. The van der Waals surface area contributed by atoms with Gasteiger partial charge in [-0.15, -0.1) is 11.3 Å². The molecule has 0 aliphatic carbocycles. The number of nitrogens with two attached hydrogens (primary N) is 1. The monoisotopic (exact) mass is 326 g/mol. The number of rotatable bonds is 3. The normalized spacial score (nSPS) is 15.5. The number of nitrogen functional groups attached to an aromatic ring is 1. The summed E-state index contributed by atoms with van der Waals surface area (Å²) in [5, 5.41) is 0.935. The third-order valence-electron chi connectivity index (χ3n) is 3.96. The van der Waals surface area contributed by atoms with Crippen LogP contribution in [0, 0.1) is 6.92 Å². The second-order valence-electron chi connectivity index (χ2n) is 5.77. The van der Waals surface area contributed by atoms with Crippen molar-refractivity contribution < 1.29 is 4.42 Å². The van der Waals surface area contributed by atoms with Crippen molar-refractivity contribution in [1.29, 1.82) is 0 Å². The lowest BCUT2D eigenvalue weighted by atomic mass is 10.2. The Labute approximate surface area is 138 Å². The zero-order valence-electron chi connectivity index (χ0n) is 13.0. The molecule has 6 heteroatoms. The SMILES string of the molecule is Cc1ccc(-c2nc(N)c3cc(CN4CC=CCC4)sc3n2)o1. The molecule has 118 valence electrons. The molecule has 0 saturated carbocycles. The van der Waals surface area contributed by atoms with Gasteiger partial charge in [-0.1, -0.05) is 12.2 Å². The summed E-state index contributed by atoms with van der Waals surface area (Å²) < 4.78 is 5.61. The topological polar surface area (TPSA) is 68.2 Å². The molecule has 1 aliphatic heterocycles. The molecule has 0 saturated heterocycles. The zero-order chi connectivity index (χ0) is 15.8. The summed E-state index contributed by atoms with van der Waals surface area (Å²) in [7, 11) is 0. The van der Waals surface area contributed by atoms with Gasteiger partial charge in [-0.2, -0.15) is 0 Å². The van der Waals surface area contributed by atoms with Gasteiger partial charge in [0.05, 0.1) is 5.39 Å². The predicted octanol–water partition coefficient (Wildman–Crippen LogP) is 3.60. The van der Waals surface area contributed by atoms with E-state index in [9.17, 15) is 0 Å². The summed E-state index contributed by atoms with van der Waals surface area (Å²) >= 11 is 1.68. The van der Waals surface area contributed by atoms with Crippen LogP contribution in [0.4, 0.5) is 5.82 Å². The molecule has 0 amide bonds. The van der Waals surface area contributed by atoms with Gasteiger partial charge in [-0.05, 0) is 31.5 Å². The molecule has 0 unspecified atom stereocenters. The van der Waals surface area contributed by atoms with E-state index in [1.54, 1.807) is 11.3 Å². The number of anilines is 1. The molecular weight excluding hydrogens is 308 g/mol. The van der Waals surface area contributed by atoms with Crippen LogP contribution in [-0.4, -0.2) is 28.0 Å². The second-order valence-corrected chi connectivity index (χ2v) is 6.88. The zero-order valence-corrected chi connectivity index (χ0v) is 13.8. The summed E-state index contributed by atoms with van der Waals surface area (Å²) in [5.41, 5.74) is 6.14. The van der Waals surface area contributed by atoms with Crippen molar-refractivity contribution in [1.82, 2.24) is 14.9 Å². The van der Waals surface area contributed by atoms with Crippen molar-refractivity contribution >= 4 is 27.4 Å². The molecule has 1 aliphatic rings. The lowest BCUT2D eigenvalue weighted by Crippen LogP contribution is -2.26. The summed E-state index contributed by atoms with van der Waals surface area (Å²) in [6.07, 6.45) is 5.58. The molecule has 3 aromatic rings. The van der Waals surface area contributed by atoms with Crippen LogP contribution >= 0.6 is 11.3 Å². The van der Waals surface area contributed by atoms with Crippen molar-refractivity contribution in [2.24, 2.45) is 0 Å². The van der Waals surface area contributed by atoms with Gasteiger partial charge in [0, 0.05) is 24.5 Å². The van der Waals surface area contributed by atoms with Crippen LogP contribution in [0.5, 0.6) is 0 Å². The predicted molar refractivity (Wildman–Crippen MR) is 93.3 cm³/mol. The first kappa shape index (κ1) is 14.4. The van der Waals surface area contributed by atoms with E-state index in [1.165, 1.54) is 4.88 Å². The van der Waals surface area contributed by atoms with Crippen LogP contribution < -0.4 is 5.73 Å². The highest BCUT2D eigenvalue weighted by Crippen LogP contribution is 2.31. The van der Waals surface area contributed by atoms with Gasteiger partial charge in [0.2, 0.25) is 0 Å². The standard InChI is InChI=1S/C17H18N4OS/c1-11-5-6-14(22-11)16-19-15(18)13-9-12(23-17(13)20-16)10-21-7-3-2-4-8-21/h2-3,5-6,9H,4,7-8,10H2,1H3,(H2,18,19,20). The largest absolute Gasteiger partial charge is 0.458 e. The van der Waals surface area contributed by atoms with E-state index in [-0.39, 0.29) is 0 Å². The van der Waals surface area contributed by atoms with E-state index < -0.39 is 0 Å². The third-order valence-corrected chi connectivity index (χ3v) is 4.97. The van der Waals surface area contributed by atoms with Gasteiger partial charge < -0.3 is 10.2 Å². The van der Waals surface area contributed by atoms with Crippen molar-refractivity contribution in [2.45, 2.75) is 19.9 Å². The quantitative estimate of drug-likeness (QED) is 0.745.